The van der Waals surface area contributed by atoms with Gasteiger partial charge in [-0.3, -0.25) is 0 Å². The van der Waals surface area contributed by atoms with E-state index in [2.05, 4.69) is 128 Å². The van der Waals surface area contributed by atoms with E-state index in [0.29, 0.717) is 0 Å². The summed E-state index contributed by atoms with van der Waals surface area (Å²) in [6, 6.07) is 30.9. The molecule has 1 spiro atoms. The predicted molar refractivity (Wildman–Crippen MR) is 196 cm³/mol. The molecule has 10 heterocycles. The molecular formula is C43H46FeP2. The van der Waals surface area contributed by atoms with Crippen molar-refractivity contribution in [3.8, 4) is 0 Å². The third kappa shape index (κ3) is 0.798. The van der Waals surface area contributed by atoms with Crippen molar-refractivity contribution < 1.29 is 6.51 Å². The van der Waals surface area contributed by atoms with Gasteiger partial charge < -0.3 is 0 Å². The Morgan fingerprint density at radius 3 is 1.07 bits per heavy atom. The van der Waals surface area contributed by atoms with Crippen LogP contribution in [0.25, 0.3) is 0 Å². The molecule has 0 bridgehead atoms. The third-order valence-corrected chi connectivity index (χ3v) is 74.9. The van der Waals surface area contributed by atoms with Gasteiger partial charge in [0.1, 0.15) is 0 Å². The van der Waals surface area contributed by atoms with Crippen molar-refractivity contribution in [3.05, 3.63) is 117 Å². The molecule has 4 aromatic rings. The van der Waals surface area contributed by atoms with E-state index < -0.39 is 14.4 Å². The van der Waals surface area contributed by atoms with Gasteiger partial charge >= 0.3 is 269 Å². The van der Waals surface area contributed by atoms with Crippen LogP contribution < -0.4 is 21.2 Å². The van der Waals surface area contributed by atoms with Crippen LogP contribution in [0, 0.1) is 55.4 Å². The Morgan fingerprint density at radius 2 is 0.761 bits per heavy atom. The van der Waals surface area contributed by atoms with Crippen molar-refractivity contribution in [3.63, 3.8) is 0 Å². The molecule has 0 nitrogen and oxygen atoms in total. The van der Waals surface area contributed by atoms with Gasteiger partial charge in [-0.1, -0.05) is 0 Å². The number of benzene rings is 4. The van der Waals surface area contributed by atoms with E-state index in [4.69, 9.17) is 0 Å². The molecule has 0 aliphatic carbocycles. The first-order chi connectivity index (χ1) is 21.7. The Kier molecular flexibility index (Phi) is 2.35. The van der Waals surface area contributed by atoms with Gasteiger partial charge in [0.05, 0.1) is 0 Å². The van der Waals surface area contributed by atoms with Gasteiger partial charge in [0.25, 0.3) is 0 Å². The number of fused-ring (bicyclic) bond motifs is 10. The van der Waals surface area contributed by atoms with Crippen molar-refractivity contribution in [2.24, 2.45) is 0 Å². The van der Waals surface area contributed by atoms with E-state index in [0.717, 1.165) is 8.37 Å². The molecule has 0 saturated carbocycles. The molecule has 10 fully saturated rings. The zero-order chi connectivity index (χ0) is 31.2. The molecule has 3 heteroatoms. The van der Waals surface area contributed by atoms with E-state index in [-0.39, 0.29) is 7.92 Å². The molecule has 46 heavy (non-hydrogen) atoms. The molecular weight excluding hydrogens is 634 g/mol. The average Bonchev–Trinajstić information content (AvgIpc) is 3.90. The van der Waals surface area contributed by atoms with Crippen molar-refractivity contribution >= 4 is 37.1 Å². The fraction of sp³-hybridized carbons (Fsp3) is 0.442. The fourth-order valence-corrected chi connectivity index (χ4v) is 121. The zero-order valence-electron chi connectivity index (χ0n) is 28.5. The van der Waals surface area contributed by atoms with Gasteiger partial charge in [0.2, 0.25) is 0 Å². The Balaban J connectivity index is 1.06. The molecule has 236 valence electrons. The van der Waals surface area contributed by atoms with Crippen LogP contribution in [0.1, 0.15) is 44.5 Å². The monoisotopic (exact) mass is 680 g/mol. The van der Waals surface area contributed by atoms with Crippen molar-refractivity contribution in [2.75, 3.05) is 6.16 Å². The van der Waals surface area contributed by atoms with Crippen LogP contribution in [0.4, 0.5) is 0 Å². The first-order valence-electron chi connectivity index (χ1n) is 17.9. The van der Waals surface area contributed by atoms with E-state index in [1.165, 1.54) is 83.0 Å². The van der Waals surface area contributed by atoms with Crippen LogP contribution >= 0.6 is 15.8 Å². The molecule has 10 saturated heterocycles. The maximum atomic E-state index is 2.69. The Labute approximate surface area is 268 Å². The minimum atomic E-state index is -3.88. The SMILES string of the molecule is Cc1cc(C)cc(P(C[C@@]23[CH]4[CH]5[CH]6[C]2(P(c2cc(C)cc(C)c2)c2cc(C)cc(C)c2)[Fe]56432789[CH]3[CH]2[CH]7[CH]8[CH]39)c2cc(C)cc(C)c2)c1. The van der Waals surface area contributed by atoms with Gasteiger partial charge in [-0.2, -0.15) is 0 Å². The van der Waals surface area contributed by atoms with E-state index >= 15 is 0 Å². The summed E-state index contributed by atoms with van der Waals surface area (Å²) in [6.45, 7) is 15.0. The summed E-state index contributed by atoms with van der Waals surface area (Å²) in [7, 11) is -0.760. The summed E-state index contributed by atoms with van der Waals surface area (Å²) in [6.07, 6.45) is 1.55. The van der Waals surface area contributed by atoms with Gasteiger partial charge in [-0.05, 0) is 0 Å². The summed E-state index contributed by atoms with van der Waals surface area (Å²) >= 11 is 0. The predicted octanol–water partition coefficient (Wildman–Crippen LogP) is 10.4. The standard InChI is InChI=1S/C38H41P2.C5H5.Fe/c1-25-12-26(2)17-34(16-25)39(35-18-27(3)13-28(4)19-35)24-33-10-9-11-38(33)40(36-20-29(5)14-30(6)21-36)37-22-31(7)15-32(8)23-37;1-2-4-5-3-1;/h9-23H,24H2,1-8H3;1-5H;. The topological polar surface area (TPSA) is 0 Å². The maximum absolute atomic E-state index is 3.88. The molecule has 0 aromatic heterocycles. The molecule has 4 aromatic carbocycles. The number of hydrogen-bond acceptors (Lipinski definition) is 0. The first-order valence-corrected chi connectivity index (χ1v) is 26.9. The molecule has 10 aliphatic heterocycles. The molecule has 0 N–H and O–H groups in total. The van der Waals surface area contributed by atoms with Crippen molar-refractivity contribution in [2.45, 2.75) is 102 Å². The van der Waals surface area contributed by atoms with E-state index in [1.54, 1.807) is 27.4 Å². The number of hydrogen-bond donors (Lipinski definition) is 0. The molecule has 10 aliphatic rings. The fourth-order valence-electron chi connectivity index (χ4n) is 23.4. The van der Waals surface area contributed by atoms with Crippen LogP contribution in [0.15, 0.2) is 72.8 Å². The van der Waals surface area contributed by atoms with Gasteiger partial charge in [0, 0.05) is 0 Å². The Bertz CT molecular complexity index is 2420. The number of rotatable bonds is 7. The first kappa shape index (κ1) is 25.3. The molecule has 14 rings (SSSR count). The molecule has 5 atom stereocenters. The van der Waals surface area contributed by atoms with E-state index in [9.17, 15) is 0 Å². The van der Waals surface area contributed by atoms with Crippen LogP contribution in [-0.4, -0.2) is 10.2 Å². The van der Waals surface area contributed by atoms with Crippen molar-refractivity contribution in [1.29, 1.82) is 0 Å². The summed E-state index contributed by atoms with van der Waals surface area (Å²) in [5, 5.41) is 6.91. The average molecular weight is 681 g/mol. The van der Waals surface area contributed by atoms with Crippen LogP contribution in [0.5, 0.6) is 0 Å². The van der Waals surface area contributed by atoms with Gasteiger partial charge in [-0.15, -0.1) is 0 Å². The second-order valence-electron chi connectivity index (χ2n) is 20.2. The molecule has 0 radical (unpaired) electrons. The second-order valence-corrected chi connectivity index (χ2v) is 48.5. The summed E-state index contributed by atoms with van der Waals surface area (Å²) in [5.41, 5.74) is 11.8. The van der Waals surface area contributed by atoms with Gasteiger partial charge in [0.15, 0.2) is 0 Å². The molecule has 4 unspecified atom stereocenters. The van der Waals surface area contributed by atoms with Crippen LogP contribution in [0.2, 0.25) is 42.8 Å². The molecule has 0 amide bonds. The zero-order valence-corrected chi connectivity index (χ0v) is 31.4. The Hall–Kier alpha value is -1.74. The van der Waals surface area contributed by atoms with Crippen LogP contribution in [0.3, 0.4) is 0 Å². The normalized spacial score (nSPS) is 53.3. The Morgan fingerprint density at radius 1 is 0.435 bits per heavy atom. The summed E-state index contributed by atoms with van der Waals surface area (Å²) < 4.78 is 1.49. The summed E-state index contributed by atoms with van der Waals surface area (Å²) in [4.78, 5) is 10.3. The minimum absolute atomic E-state index is 0.365. The third-order valence-electron chi connectivity index (χ3n) is 21.8. The van der Waals surface area contributed by atoms with E-state index in [1.807, 2.05) is 0 Å². The van der Waals surface area contributed by atoms with Crippen molar-refractivity contribution in [1.82, 2.24) is 0 Å². The summed E-state index contributed by atoms with van der Waals surface area (Å²) in [5.74, 6) is 0. The second kappa shape index (κ2) is 4.29. The van der Waals surface area contributed by atoms with Crippen LogP contribution in [-0.2, 0) is 6.51 Å². The number of aryl methyl sites for hydroxylation is 8. The quantitative estimate of drug-likeness (QED) is 0.135. The van der Waals surface area contributed by atoms with Gasteiger partial charge in [-0.25, -0.2) is 0 Å².